The molecular formula is C23H23N3O7S. The van der Waals surface area contributed by atoms with E-state index in [9.17, 15) is 4.79 Å². The van der Waals surface area contributed by atoms with Gasteiger partial charge in [-0.25, -0.2) is 0 Å². The van der Waals surface area contributed by atoms with E-state index in [4.69, 9.17) is 28.4 Å². The van der Waals surface area contributed by atoms with Crippen molar-refractivity contribution in [2.24, 2.45) is 0 Å². The highest BCUT2D eigenvalue weighted by atomic mass is 32.1. The molecule has 2 aromatic heterocycles. The summed E-state index contributed by atoms with van der Waals surface area (Å²) in [5, 5.41) is 4.41. The first-order valence-corrected chi connectivity index (χ1v) is 10.8. The molecule has 0 saturated carbocycles. The molecular weight excluding hydrogens is 462 g/mol. The van der Waals surface area contributed by atoms with Crippen molar-refractivity contribution in [2.45, 2.75) is 0 Å². The van der Waals surface area contributed by atoms with E-state index in [0.29, 0.717) is 60.9 Å². The van der Waals surface area contributed by atoms with Gasteiger partial charge in [-0.2, -0.15) is 9.50 Å². The number of thiazole rings is 1. The molecule has 0 radical (unpaired) electrons. The number of ether oxygens (including phenoxy) is 6. The van der Waals surface area contributed by atoms with E-state index in [2.05, 4.69) is 10.1 Å². The molecule has 0 saturated heterocycles. The maximum Gasteiger partial charge on any atom is 0.291 e. The Labute approximate surface area is 198 Å². The normalized spacial score (nSPS) is 11.5. The first-order chi connectivity index (χ1) is 16.5. The highest BCUT2D eigenvalue weighted by Crippen LogP contribution is 2.41. The molecule has 2 aromatic carbocycles. The Hall–Kier alpha value is -3.99. The summed E-state index contributed by atoms with van der Waals surface area (Å²) in [5.41, 5.74) is 1.04. The van der Waals surface area contributed by atoms with Crippen molar-refractivity contribution in [3.05, 3.63) is 44.7 Å². The molecule has 10 nitrogen and oxygen atoms in total. The van der Waals surface area contributed by atoms with Crippen molar-refractivity contribution >= 4 is 22.4 Å². The van der Waals surface area contributed by atoms with Gasteiger partial charge in [-0.15, -0.1) is 5.10 Å². The molecule has 0 spiro atoms. The average Bonchev–Trinajstić information content (AvgIpc) is 3.41. The lowest BCUT2D eigenvalue weighted by Crippen LogP contribution is -2.23. The standard InChI is InChI=1S/C23H23N3O7S/c1-28-14-7-12(8-15(29-2)19(14)32-5)9-18-22(27)26-23(34-18)24-21(25-26)13-10-16(30-3)20(33-6)17(11-13)31-4/h7-11H,1-6H3/b18-9+. The molecule has 0 bridgehead atoms. The maximum absolute atomic E-state index is 13.0. The topological polar surface area (TPSA) is 103 Å². The fraction of sp³-hybridized carbons (Fsp3) is 0.261. The molecule has 0 unspecified atom stereocenters. The van der Waals surface area contributed by atoms with Crippen LogP contribution < -0.4 is 38.5 Å². The molecule has 0 aliphatic heterocycles. The monoisotopic (exact) mass is 485 g/mol. The summed E-state index contributed by atoms with van der Waals surface area (Å²) >= 11 is 1.22. The van der Waals surface area contributed by atoms with Crippen molar-refractivity contribution in [1.29, 1.82) is 0 Å². The molecule has 34 heavy (non-hydrogen) atoms. The van der Waals surface area contributed by atoms with Gasteiger partial charge in [-0.3, -0.25) is 4.79 Å². The lowest BCUT2D eigenvalue weighted by molar-refractivity contribution is 0.324. The molecule has 11 heteroatoms. The third-order valence-corrected chi connectivity index (χ3v) is 6.05. The molecule has 0 aliphatic carbocycles. The maximum atomic E-state index is 13.0. The Bertz CT molecular complexity index is 1410. The van der Waals surface area contributed by atoms with E-state index in [0.717, 1.165) is 0 Å². The summed E-state index contributed by atoms with van der Waals surface area (Å²) in [5.74, 6) is 3.21. The van der Waals surface area contributed by atoms with Gasteiger partial charge < -0.3 is 28.4 Å². The number of nitrogens with zero attached hydrogens (tertiary/aromatic N) is 3. The van der Waals surface area contributed by atoms with Crippen LogP contribution in [0.5, 0.6) is 34.5 Å². The van der Waals surface area contributed by atoms with Crippen molar-refractivity contribution < 1.29 is 28.4 Å². The van der Waals surface area contributed by atoms with Gasteiger partial charge in [-0.05, 0) is 35.9 Å². The van der Waals surface area contributed by atoms with E-state index in [1.165, 1.54) is 58.5 Å². The van der Waals surface area contributed by atoms with Crippen LogP contribution in [0, 0.1) is 0 Å². The number of benzene rings is 2. The van der Waals surface area contributed by atoms with Gasteiger partial charge in [0.25, 0.3) is 5.56 Å². The fourth-order valence-corrected chi connectivity index (χ4v) is 4.41. The molecule has 4 rings (SSSR count). The SMILES string of the molecule is COc1cc(/C=c2/sc3nc(-c4cc(OC)c(OC)c(OC)c4)nn3c2=O)cc(OC)c1OC. The Morgan fingerprint density at radius 1 is 0.765 bits per heavy atom. The first kappa shape index (κ1) is 23.2. The van der Waals surface area contributed by atoms with Crippen LogP contribution >= 0.6 is 11.3 Å². The third-order valence-electron chi connectivity index (χ3n) is 5.09. The number of hydrogen-bond donors (Lipinski definition) is 0. The summed E-state index contributed by atoms with van der Waals surface area (Å²) in [6.45, 7) is 0. The van der Waals surface area contributed by atoms with E-state index >= 15 is 0 Å². The van der Waals surface area contributed by atoms with E-state index < -0.39 is 0 Å². The second-order valence-corrected chi connectivity index (χ2v) is 7.93. The minimum atomic E-state index is -0.292. The summed E-state index contributed by atoms with van der Waals surface area (Å²) in [7, 11) is 9.19. The molecule has 178 valence electrons. The minimum Gasteiger partial charge on any atom is -0.493 e. The number of hydrogen-bond acceptors (Lipinski definition) is 10. The molecule has 2 heterocycles. The lowest BCUT2D eigenvalue weighted by atomic mass is 10.1. The molecule has 0 atom stereocenters. The second-order valence-electron chi connectivity index (χ2n) is 6.92. The van der Waals surface area contributed by atoms with Gasteiger partial charge >= 0.3 is 0 Å². The van der Waals surface area contributed by atoms with E-state index in [1.807, 2.05) is 0 Å². The zero-order chi connectivity index (χ0) is 24.4. The highest BCUT2D eigenvalue weighted by Gasteiger charge is 2.18. The fourth-order valence-electron chi connectivity index (χ4n) is 3.50. The van der Waals surface area contributed by atoms with Crippen LogP contribution in [0.4, 0.5) is 0 Å². The van der Waals surface area contributed by atoms with Crippen LogP contribution in [0.2, 0.25) is 0 Å². The first-order valence-electron chi connectivity index (χ1n) is 9.99. The number of rotatable bonds is 8. The van der Waals surface area contributed by atoms with Gasteiger partial charge in [0.1, 0.15) is 0 Å². The second kappa shape index (κ2) is 9.48. The summed E-state index contributed by atoms with van der Waals surface area (Å²) < 4.78 is 34.0. The van der Waals surface area contributed by atoms with Crippen LogP contribution in [0.15, 0.2) is 29.1 Å². The number of aromatic nitrogens is 3. The van der Waals surface area contributed by atoms with Crippen molar-refractivity contribution in [1.82, 2.24) is 14.6 Å². The Kier molecular flexibility index (Phi) is 6.46. The van der Waals surface area contributed by atoms with Gasteiger partial charge in [-0.1, -0.05) is 11.3 Å². The Morgan fingerprint density at radius 2 is 1.26 bits per heavy atom. The predicted molar refractivity (Wildman–Crippen MR) is 127 cm³/mol. The summed E-state index contributed by atoms with van der Waals surface area (Å²) in [4.78, 5) is 18.0. The van der Waals surface area contributed by atoms with Gasteiger partial charge in [0.15, 0.2) is 28.8 Å². The highest BCUT2D eigenvalue weighted by molar-refractivity contribution is 7.15. The zero-order valence-corrected chi connectivity index (χ0v) is 20.3. The van der Waals surface area contributed by atoms with Crippen LogP contribution in [-0.4, -0.2) is 57.3 Å². The summed E-state index contributed by atoms with van der Waals surface area (Å²) in [6.07, 6.45) is 1.73. The smallest absolute Gasteiger partial charge is 0.291 e. The van der Waals surface area contributed by atoms with Gasteiger partial charge in [0.05, 0.1) is 47.2 Å². The van der Waals surface area contributed by atoms with Gasteiger partial charge in [0, 0.05) is 5.56 Å². The van der Waals surface area contributed by atoms with Crippen LogP contribution in [0.3, 0.4) is 0 Å². The number of methoxy groups -OCH3 is 6. The van der Waals surface area contributed by atoms with Crippen LogP contribution in [0.25, 0.3) is 22.4 Å². The molecule has 4 aromatic rings. The van der Waals surface area contributed by atoms with E-state index in [1.54, 1.807) is 30.3 Å². The average molecular weight is 486 g/mol. The van der Waals surface area contributed by atoms with Crippen LogP contribution in [0.1, 0.15) is 5.56 Å². The molecule has 0 fully saturated rings. The van der Waals surface area contributed by atoms with Crippen LogP contribution in [-0.2, 0) is 0 Å². The predicted octanol–water partition coefficient (Wildman–Crippen LogP) is 2.42. The summed E-state index contributed by atoms with van der Waals surface area (Å²) in [6, 6.07) is 6.98. The van der Waals surface area contributed by atoms with Crippen molar-refractivity contribution in [2.75, 3.05) is 42.7 Å². The third kappa shape index (κ3) is 3.94. The molecule has 0 N–H and O–H groups in total. The van der Waals surface area contributed by atoms with Crippen molar-refractivity contribution in [3.63, 3.8) is 0 Å². The lowest BCUT2D eigenvalue weighted by Gasteiger charge is -2.12. The zero-order valence-electron chi connectivity index (χ0n) is 19.5. The quantitative estimate of drug-likeness (QED) is 0.372. The Morgan fingerprint density at radius 3 is 1.71 bits per heavy atom. The number of fused-ring (bicyclic) bond motifs is 1. The molecule has 0 aliphatic rings. The molecule has 0 amide bonds. The minimum absolute atomic E-state index is 0.292. The van der Waals surface area contributed by atoms with E-state index in [-0.39, 0.29) is 5.56 Å². The van der Waals surface area contributed by atoms with Crippen molar-refractivity contribution in [3.8, 4) is 45.9 Å². The Balaban J connectivity index is 1.80. The largest absolute Gasteiger partial charge is 0.493 e. The van der Waals surface area contributed by atoms with Gasteiger partial charge in [0.2, 0.25) is 16.5 Å².